The maximum absolute atomic E-state index is 9.40. The molecule has 0 radical (unpaired) electrons. The summed E-state index contributed by atoms with van der Waals surface area (Å²) in [6.07, 6.45) is 2.26. The molecule has 1 heterocycles. The lowest BCUT2D eigenvalue weighted by Crippen LogP contribution is -2.02. The first-order valence-corrected chi connectivity index (χ1v) is 7.32. The number of aliphatic hydroxyl groups excluding tert-OH is 1. The van der Waals surface area contributed by atoms with E-state index in [-0.39, 0.29) is 13.2 Å². The Labute approximate surface area is 125 Å². The SMILES string of the molecule is Cc1cc(Br)cc(CO)c1OCc1noc(C2CC2)n1. The molecule has 1 fully saturated rings. The zero-order valence-electron chi connectivity index (χ0n) is 11.1. The Morgan fingerprint density at radius 1 is 1.45 bits per heavy atom. The van der Waals surface area contributed by atoms with Crippen molar-refractivity contribution in [3.05, 3.63) is 39.4 Å². The Bertz CT molecular complexity index is 623. The van der Waals surface area contributed by atoms with Gasteiger partial charge in [-0.25, -0.2) is 0 Å². The summed E-state index contributed by atoms with van der Waals surface area (Å²) in [5.41, 5.74) is 1.69. The molecular weight excluding hydrogens is 324 g/mol. The molecule has 0 aliphatic heterocycles. The molecule has 1 aromatic heterocycles. The molecule has 0 unspecified atom stereocenters. The fourth-order valence-electron chi connectivity index (χ4n) is 2.08. The number of hydrogen-bond acceptors (Lipinski definition) is 5. The van der Waals surface area contributed by atoms with E-state index < -0.39 is 0 Å². The van der Waals surface area contributed by atoms with Crippen molar-refractivity contribution in [2.24, 2.45) is 0 Å². The monoisotopic (exact) mass is 338 g/mol. The molecule has 0 amide bonds. The molecule has 0 bridgehead atoms. The Morgan fingerprint density at radius 2 is 2.25 bits per heavy atom. The first-order chi connectivity index (χ1) is 9.67. The number of halogens is 1. The van der Waals surface area contributed by atoms with Gasteiger partial charge in [0.15, 0.2) is 6.61 Å². The normalized spacial score (nSPS) is 14.6. The molecule has 20 heavy (non-hydrogen) atoms. The van der Waals surface area contributed by atoms with Crippen molar-refractivity contribution >= 4 is 15.9 Å². The van der Waals surface area contributed by atoms with Crippen LogP contribution in [-0.2, 0) is 13.2 Å². The third-order valence-electron chi connectivity index (χ3n) is 3.24. The van der Waals surface area contributed by atoms with Crippen LogP contribution in [0.25, 0.3) is 0 Å². The van der Waals surface area contributed by atoms with Crippen LogP contribution < -0.4 is 4.74 Å². The van der Waals surface area contributed by atoms with Crippen LogP contribution in [0, 0.1) is 6.92 Å². The molecule has 2 aromatic rings. The number of rotatable bonds is 5. The van der Waals surface area contributed by atoms with Crippen molar-refractivity contribution in [1.29, 1.82) is 0 Å². The van der Waals surface area contributed by atoms with E-state index in [1.54, 1.807) is 0 Å². The van der Waals surface area contributed by atoms with Gasteiger partial charge in [-0.15, -0.1) is 0 Å². The van der Waals surface area contributed by atoms with Crippen molar-refractivity contribution in [2.75, 3.05) is 0 Å². The average molecular weight is 339 g/mol. The summed E-state index contributed by atoms with van der Waals surface area (Å²) in [4.78, 5) is 4.32. The summed E-state index contributed by atoms with van der Waals surface area (Å²) in [6.45, 7) is 2.10. The largest absolute Gasteiger partial charge is 0.485 e. The van der Waals surface area contributed by atoms with Crippen molar-refractivity contribution in [3.63, 3.8) is 0 Å². The zero-order chi connectivity index (χ0) is 14.1. The van der Waals surface area contributed by atoms with Gasteiger partial charge in [-0.2, -0.15) is 4.98 Å². The van der Waals surface area contributed by atoms with Gasteiger partial charge in [0.25, 0.3) is 0 Å². The average Bonchev–Trinajstić information content (AvgIpc) is 3.16. The fourth-order valence-corrected chi connectivity index (χ4v) is 2.70. The van der Waals surface area contributed by atoms with Crippen LogP contribution in [0.3, 0.4) is 0 Å². The first kappa shape index (κ1) is 13.6. The van der Waals surface area contributed by atoms with E-state index in [9.17, 15) is 5.11 Å². The highest BCUT2D eigenvalue weighted by Crippen LogP contribution is 2.38. The molecule has 0 saturated heterocycles. The molecule has 1 aliphatic rings. The molecule has 1 N–H and O–H groups in total. The van der Waals surface area contributed by atoms with Crippen LogP contribution in [0.5, 0.6) is 5.75 Å². The number of aryl methyl sites for hydroxylation is 1. The lowest BCUT2D eigenvalue weighted by atomic mass is 10.1. The Kier molecular flexibility index (Phi) is 3.76. The number of aliphatic hydroxyl groups is 1. The van der Waals surface area contributed by atoms with Gasteiger partial charge in [0.1, 0.15) is 5.75 Å². The van der Waals surface area contributed by atoms with Crippen LogP contribution >= 0.6 is 15.9 Å². The van der Waals surface area contributed by atoms with Gasteiger partial charge >= 0.3 is 0 Å². The summed E-state index contributed by atoms with van der Waals surface area (Å²) in [5, 5.41) is 13.3. The molecule has 1 aromatic carbocycles. The van der Waals surface area contributed by atoms with Crippen LogP contribution in [-0.4, -0.2) is 15.2 Å². The number of aromatic nitrogens is 2. The Balaban J connectivity index is 1.73. The maximum atomic E-state index is 9.40. The summed E-state index contributed by atoms with van der Waals surface area (Å²) in [6, 6.07) is 3.79. The molecule has 5 nitrogen and oxygen atoms in total. The van der Waals surface area contributed by atoms with Crippen LogP contribution in [0.2, 0.25) is 0 Å². The molecule has 6 heteroatoms. The van der Waals surface area contributed by atoms with E-state index in [1.807, 2.05) is 19.1 Å². The van der Waals surface area contributed by atoms with Gasteiger partial charge in [-0.3, -0.25) is 0 Å². The molecule has 3 rings (SSSR count). The second kappa shape index (κ2) is 5.54. The van der Waals surface area contributed by atoms with Gasteiger partial charge in [-0.1, -0.05) is 21.1 Å². The summed E-state index contributed by atoms with van der Waals surface area (Å²) < 4.78 is 11.9. The topological polar surface area (TPSA) is 68.4 Å². The lowest BCUT2D eigenvalue weighted by molar-refractivity contribution is 0.251. The maximum Gasteiger partial charge on any atom is 0.229 e. The highest BCUT2D eigenvalue weighted by atomic mass is 79.9. The minimum atomic E-state index is -0.0742. The number of benzene rings is 1. The van der Waals surface area contributed by atoms with Crippen LogP contribution in [0.1, 0.15) is 41.6 Å². The minimum absolute atomic E-state index is 0.0742. The second-order valence-electron chi connectivity index (χ2n) is 4.98. The molecule has 106 valence electrons. The summed E-state index contributed by atoms with van der Waals surface area (Å²) in [5.74, 6) is 2.36. The number of hydrogen-bond donors (Lipinski definition) is 1. The van der Waals surface area contributed by atoms with Gasteiger partial charge in [-0.05, 0) is 37.5 Å². The van der Waals surface area contributed by atoms with E-state index >= 15 is 0 Å². The van der Waals surface area contributed by atoms with E-state index in [2.05, 4.69) is 26.1 Å². The predicted molar refractivity (Wildman–Crippen MR) is 75.4 cm³/mol. The summed E-state index contributed by atoms with van der Waals surface area (Å²) in [7, 11) is 0. The highest BCUT2D eigenvalue weighted by Gasteiger charge is 2.29. The Hall–Kier alpha value is -1.40. The van der Waals surface area contributed by atoms with Crippen molar-refractivity contribution in [2.45, 2.75) is 38.9 Å². The zero-order valence-corrected chi connectivity index (χ0v) is 12.7. The second-order valence-corrected chi connectivity index (χ2v) is 5.90. The van der Waals surface area contributed by atoms with Gasteiger partial charge in [0.2, 0.25) is 11.7 Å². The third kappa shape index (κ3) is 2.86. The van der Waals surface area contributed by atoms with Crippen molar-refractivity contribution in [3.8, 4) is 5.75 Å². The van der Waals surface area contributed by atoms with Gasteiger partial charge < -0.3 is 14.4 Å². The van der Waals surface area contributed by atoms with Crippen molar-refractivity contribution in [1.82, 2.24) is 10.1 Å². The molecule has 0 atom stereocenters. The standard InChI is InChI=1S/C14H15BrN2O3/c1-8-4-11(15)5-10(6-18)13(8)19-7-12-16-14(20-17-12)9-2-3-9/h4-5,9,18H,2-3,6-7H2,1H3. The summed E-state index contributed by atoms with van der Waals surface area (Å²) >= 11 is 3.40. The highest BCUT2D eigenvalue weighted by molar-refractivity contribution is 9.10. The quantitative estimate of drug-likeness (QED) is 0.907. The van der Waals surface area contributed by atoms with Crippen LogP contribution in [0.4, 0.5) is 0 Å². The van der Waals surface area contributed by atoms with Crippen LogP contribution in [0.15, 0.2) is 21.1 Å². The van der Waals surface area contributed by atoms with Crippen molar-refractivity contribution < 1.29 is 14.4 Å². The number of nitrogens with zero attached hydrogens (tertiary/aromatic N) is 2. The van der Waals surface area contributed by atoms with E-state index in [0.29, 0.717) is 23.4 Å². The first-order valence-electron chi connectivity index (χ1n) is 6.52. The van der Waals surface area contributed by atoms with E-state index in [0.717, 1.165) is 28.4 Å². The van der Waals surface area contributed by atoms with Gasteiger partial charge in [0.05, 0.1) is 6.61 Å². The lowest BCUT2D eigenvalue weighted by Gasteiger charge is -2.12. The molecule has 0 spiro atoms. The molecule has 1 saturated carbocycles. The van der Waals surface area contributed by atoms with E-state index in [4.69, 9.17) is 9.26 Å². The Morgan fingerprint density at radius 3 is 2.95 bits per heavy atom. The third-order valence-corrected chi connectivity index (χ3v) is 3.70. The number of ether oxygens (including phenoxy) is 1. The fraction of sp³-hybridized carbons (Fsp3) is 0.429. The minimum Gasteiger partial charge on any atom is -0.485 e. The van der Waals surface area contributed by atoms with Gasteiger partial charge in [0, 0.05) is 16.0 Å². The van der Waals surface area contributed by atoms with E-state index in [1.165, 1.54) is 0 Å². The predicted octanol–water partition coefficient (Wildman–Crippen LogP) is 3.09. The molecular formula is C14H15BrN2O3. The smallest absolute Gasteiger partial charge is 0.229 e. The molecule has 1 aliphatic carbocycles.